The summed E-state index contributed by atoms with van der Waals surface area (Å²) in [6, 6.07) is 13.7. The molecule has 0 unspecified atom stereocenters. The molecule has 2 heterocycles. The van der Waals surface area contributed by atoms with E-state index < -0.39 is 11.8 Å². The van der Waals surface area contributed by atoms with E-state index in [2.05, 4.69) is 5.32 Å². The van der Waals surface area contributed by atoms with Gasteiger partial charge in [-0.2, -0.15) is 0 Å². The largest absolute Gasteiger partial charge is 0.350 e. The van der Waals surface area contributed by atoms with E-state index in [1.54, 1.807) is 6.08 Å². The molecule has 0 aliphatic carbocycles. The molecular weight excluding hydrogens is 370 g/mol. The molecule has 140 valence electrons. The average molecular weight is 389 g/mol. The van der Waals surface area contributed by atoms with Crippen LogP contribution in [0.25, 0.3) is 17.0 Å². The van der Waals surface area contributed by atoms with Gasteiger partial charge >= 0.3 is 0 Å². The van der Waals surface area contributed by atoms with Gasteiger partial charge in [0.05, 0.1) is 5.69 Å². The van der Waals surface area contributed by atoms with Gasteiger partial charge in [-0.3, -0.25) is 19.8 Å². The third-order valence-corrected chi connectivity index (χ3v) is 5.22. The molecule has 5 nitrogen and oxygen atoms in total. The molecule has 1 N–H and O–H groups in total. The molecular formula is C22H19N3O2S. The highest BCUT2D eigenvalue weighted by Gasteiger charge is 2.35. The summed E-state index contributed by atoms with van der Waals surface area (Å²) in [4.78, 5) is 27.2. The summed E-state index contributed by atoms with van der Waals surface area (Å²) < 4.78 is 1.97. The quantitative estimate of drug-likeness (QED) is 0.414. The van der Waals surface area contributed by atoms with E-state index in [0.717, 1.165) is 27.6 Å². The predicted molar refractivity (Wildman–Crippen MR) is 115 cm³/mol. The van der Waals surface area contributed by atoms with Crippen LogP contribution >= 0.6 is 12.2 Å². The molecule has 28 heavy (non-hydrogen) atoms. The van der Waals surface area contributed by atoms with Gasteiger partial charge in [0.15, 0.2) is 5.11 Å². The minimum atomic E-state index is -0.482. The van der Waals surface area contributed by atoms with Crippen LogP contribution in [0.4, 0.5) is 5.69 Å². The van der Waals surface area contributed by atoms with Gasteiger partial charge in [-0.05, 0) is 55.4 Å². The van der Waals surface area contributed by atoms with Crippen LogP contribution in [0.15, 0.2) is 54.2 Å². The Bertz CT molecular complexity index is 1190. The number of thiocarbonyl (C=S) groups is 1. The smallest absolute Gasteiger partial charge is 0.270 e. The number of rotatable bonds is 2. The van der Waals surface area contributed by atoms with E-state index in [4.69, 9.17) is 12.2 Å². The fourth-order valence-electron chi connectivity index (χ4n) is 3.48. The van der Waals surface area contributed by atoms with Gasteiger partial charge in [0.25, 0.3) is 11.8 Å². The molecule has 3 aromatic rings. The minimum absolute atomic E-state index is 0.0610. The molecule has 2 amide bonds. The van der Waals surface area contributed by atoms with Crippen molar-refractivity contribution in [2.75, 3.05) is 4.90 Å². The van der Waals surface area contributed by atoms with Crippen molar-refractivity contribution in [3.63, 3.8) is 0 Å². The highest BCUT2D eigenvalue weighted by atomic mass is 32.1. The van der Waals surface area contributed by atoms with Gasteiger partial charge in [-0.1, -0.05) is 30.3 Å². The maximum absolute atomic E-state index is 13.3. The fourth-order valence-corrected chi connectivity index (χ4v) is 3.75. The molecule has 1 aliphatic heterocycles. The number of aromatic nitrogens is 1. The number of nitrogens with one attached hydrogen (secondary N) is 1. The second kappa shape index (κ2) is 6.73. The van der Waals surface area contributed by atoms with Crippen molar-refractivity contribution in [2.24, 2.45) is 7.05 Å². The summed E-state index contributed by atoms with van der Waals surface area (Å²) in [5, 5.41) is 3.73. The zero-order chi connectivity index (χ0) is 20.0. The number of hydrogen-bond donors (Lipinski definition) is 1. The summed E-state index contributed by atoms with van der Waals surface area (Å²) >= 11 is 5.31. The number of aryl methyl sites for hydroxylation is 3. The topological polar surface area (TPSA) is 54.3 Å². The molecule has 1 aliphatic rings. The van der Waals surface area contributed by atoms with Crippen LogP contribution < -0.4 is 10.2 Å². The lowest BCUT2D eigenvalue weighted by Crippen LogP contribution is -2.54. The Labute approximate surface area is 168 Å². The molecule has 2 aromatic carbocycles. The van der Waals surface area contributed by atoms with Crippen molar-refractivity contribution < 1.29 is 9.59 Å². The maximum atomic E-state index is 13.3. The molecule has 1 aromatic heterocycles. The summed E-state index contributed by atoms with van der Waals surface area (Å²) in [7, 11) is 1.94. The highest BCUT2D eigenvalue weighted by Crippen LogP contribution is 2.28. The molecule has 4 rings (SSSR count). The Morgan fingerprint density at radius 3 is 2.61 bits per heavy atom. The highest BCUT2D eigenvalue weighted by molar-refractivity contribution is 7.80. The Kier molecular flexibility index (Phi) is 4.35. The fraction of sp³-hybridized carbons (Fsp3) is 0.136. The first-order valence-corrected chi connectivity index (χ1v) is 9.30. The van der Waals surface area contributed by atoms with Gasteiger partial charge in [0.1, 0.15) is 5.57 Å². The SMILES string of the molecule is Cc1ccc(C)c(N2C(=O)/C(=C/c3cn(C)c4ccccc34)C(=O)NC2=S)c1. The van der Waals surface area contributed by atoms with Crippen molar-refractivity contribution in [3.8, 4) is 0 Å². The molecule has 0 radical (unpaired) electrons. The second-order valence-electron chi connectivity index (χ2n) is 6.96. The van der Waals surface area contributed by atoms with E-state index in [-0.39, 0.29) is 10.7 Å². The third-order valence-electron chi connectivity index (χ3n) is 4.93. The lowest BCUT2D eigenvalue weighted by atomic mass is 10.0. The van der Waals surface area contributed by atoms with Crippen LogP contribution in [0, 0.1) is 13.8 Å². The summed E-state index contributed by atoms with van der Waals surface area (Å²) in [6.07, 6.45) is 3.55. The number of para-hydroxylation sites is 1. The van der Waals surface area contributed by atoms with Gasteiger partial charge in [-0.15, -0.1) is 0 Å². The van der Waals surface area contributed by atoms with E-state index in [1.807, 2.05) is 74.1 Å². The molecule has 0 spiro atoms. The summed E-state index contributed by atoms with van der Waals surface area (Å²) in [5.74, 6) is -0.903. The van der Waals surface area contributed by atoms with E-state index >= 15 is 0 Å². The predicted octanol–water partition coefficient (Wildman–Crippen LogP) is 3.63. The van der Waals surface area contributed by atoms with Crippen molar-refractivity contribution in [1.29, 1.82) is 0 Å². The van der Waals surface area contributed by atoms with Crippen molar-refractivity contribution in [1.82, 2.24) is 9.88 Å². The molecule has 1 saturated heterocycles. The summed E-state index contributed by atoms with van der Waals surface area (Å²) in [5.41, 5.74) is 4.49. The van der Waals surface area contributed by atoms with Crippen molar-refractivity contribution >= 4 is 51.8 Å². The number of nitrogens with zero attached hydrogens (tertiary/aromatic N) is 2. The van der Waals surface area contributed by atoms with E-state index in [1.165, 1.54) is 4.90 Å². The monoisotopic (exact) mass is 389 g/mol. The Morgan fingerprint density at radius 2 is 1.82 bits per heavy atom. The minimum Gasteiger partial charge on any atom is -0.350 e. The van der Waals surface area contributed by atoms with Crippen LogP contribution in [0.2, 0.25) is 0 Å². The Balaban J connectivity index is 1.84. The second-order valence-corrected chi connectivity index (χ2v) is 7.35. The zero-order valence-electron chi connectivity index (χ0n) is 15.8. The molecule has 0 saturated carbocycles. The van der Waals surface area contributed by atoms with E-state index in [9.17, 15) is 9.59 Å². The lowest BCUT2D eigenvalue weighted by Gasteiger charge is -2.30. The Hall–Kier alpha value is -3.25. The number of benzene rings is 2. The van der Waals surface area contributed by atoms with Gasteiger partial charge in [-0.25, -0.2) is 0 Å². The first-order chi connectivity index (χ1) is 13.4. The number of carbonyl (C=O) groups is 2. The first-order valence-electron chi connectivity index (χ1n) is 8.89. The first kappa shape index (κ1) is 18.1. The van der Waals surface area contributed by atoms with Crippen molar-refractivity contribution in [3.05, 3.63) is 70.9 Å². The number of anilines is 1. The molecule has 1 fully saturated rings. The van der Waals surface area contributed by atoms with Crippen LogP contribution in [-0.4, -0.2) is 21.5 Å². The lowest BCUT2D eigenvalue weighted by molar-refractivity contribution is -0.122. The van der Waals surface area contributed by atoms with E-state index in [0.29, 0.717) is 5.69 Å². The normalized spacial score (nSPS) is 16.2. The number of amides is 2. The van der Waals surface area contributed by atoms with Gasteiger partial charge < -0.3 is 4.57 Å². The van der Waals surface area contributed by atoms with Crippen molar-refractivity contribution in [2.45, 2.75) is 13.8 Å². The number of hydrogen-bond acceptors (Lipinski definition) is 3. The van der Waals surface area contributed by atoms with Crippen LogP contribution in [0.5, 0.6) is 0 Å². The van der Waals surface area contributed by atoms with Gasteiger partial charge in [0, 0.05) is 29.7 Å². The maximum Gasteiger partial charge on any atom is 0.270 e. The molecule has 0 bridgehead atoms. The van der Waals surface area contributed by atoms with Crippen LogP contribution in [-0.2, 0) is 16.6 Å². The number of carbonyl (C=O) groups excluding carboxylic acids is 2. The zero-order valence-corrected chi connectivity index (χ0v) is 16.6. The molecule has 0 atom stereocenters. The number of fused-ring (bicyclic) bond motifs is 1. The average Bonchev–Trinajstić information content (AvgIpc) is 2.97. The Morgan fingerprint density at radius 1 is 1.07 bits per heavy atom. The summed E-state index contributed by atoms with van der Waals surface area (Å²) in [6.45, 7) is 3.86. The van der Waals surface area contributed by atoms with Crippen LogP contribution in [0.1, 0.15) is 16.7 Å². The third kappa shape index (κ3) is 2.92. The van der Waals surface area contributed by atoms with Gasteiger partial charge in [0.2, 0.25) is 0 Å². The van der Waals surface area contributed by atoms with Crippen LogP contribution in [0.3, 0.4) is 0 Å². The molecule has 6 heteroatoms. The standard InChI is InChI=1S/C22H19N3O2S/c1-13-8-9-14(2)19(10-13)25-21(27)17(20(26)23-22(25)28)11-15-12-24(3)18-7-5-4-6-16(15)18/h4-12H,1-3H3,(H,23,26,28)/b17-11+.